The second kappa shape index (κ2) is 6.92. The van der Waals surface area contributed by atoms with Gasteiger partial charge in [-0.15, -0.1) is 0 Å². The first-order valence-electron chi connectivity index (χ1n) is 6.48. The van der Waals surface area contributed by atoms with Crippen molar-refractivity contribution >= 4 is 11.9 Å². The van der Waals surface area contributed by atoms with Crippen LogP contribution in [0.3, 0.4) is 0 Å². The second-order valence-electron chi connectivity index (χ2n) is 4.97. The first-order chi connectivity index (χ1) is 9.23. The summed E-state index contributed by atoms with van der Waals surface area (Å²) in [5, 5.41) is 19.7. The molecule has 1 rings (SSSR count). The minimum Gasteiger partial charge on any atom is -0.479 e. The van der Waals surface area contributed by atoms with Crippen molar-refractivity contribution in [2.24, 2.45) is 11.8 Å². The molecule has 1 fully saturated rings. The summed E-state index contributed by atoms with van der Waals surface area (Å²) >= 11 is 0. The summed E-state index contributed by atoms with van der Waals surface area (Å²) in [6.45, 7) is -0.159. The summed E-state index contributed by atoms with van der Waals surface area (Å²) in [6, 6.07) is 0. The van der Waals surface area contributed by atoms with E-state index in [-0.39, 0.29) is 25.8 Å². The summed E-state index contributed by atoms with van der Waals surface area (Å²) in [4.78, 5) is 22.1. The van der Waals surface area contributed by atoms with Crippen LogP contribution in [0.1, 0.15) is 32.1 Å². The third kappa shape index (κ3) is 4.66. The molecule has 0 aliphatic heterocycles. The second-order valence-corrected chi connectivity index (χ2v) is 4.97. The van der Waals surface area contributed by atoms with Crippen molar-refractivity contribution in [3.05, 3.63) is 0 Å². The molecule has 0 heterocycles. The van der Waals surface area contributed by atoms with Crippen molar-refractivity contribution in [3.63, 3.8) is 0 Å². The van der Waals surface area contributed by atoms with Gasteiger partial charge in [-0.3, -0.25) is 4.79 Å². The minimum atomic E-state index is -4.40. The number of nitrogens with one attached hydrogen (secondary N) is 1. The fourth-order valence-corrected chi connectivity index (χ4v) is 2.42. The highest BCUT2D eigenvalue weighted by molar-refractivity contribution is 5.79. The lowest BCUT2D eigenvalue weighted by Crippen LogP contribution is -2.43. The number of aliphatic hydroxyl groups excluding tert-OH is 1. The predicted molar refractivity (Wildman–Crippen MR) is 62.8 cm³/mol. The van der Waals surface area contributed by atoms with Crippen LogP contribution in [0.5, 0.6) is 0 Å². The number of carbonyl (C=O) groups excluding carboxylic acids is 1. The summed E-state index contributed by atoms with van der Waals surface area (Å²) < 4.78 is 38.4. The number of halogens is 3. The Morgan fingerprint density at radius 1 is 1.25 bits per heavy atom. The number of aliphatic carboxylic acids is 1. The fraction of sp³-hybridized carbons (Fsp3) is 0.833. The maximum Gasteiger partial charge on any atom is 0.392 e. The van der Waals surface area contributed by atoms with Gasteiger partial charge in [-0.25, -0.2) is 4.79 Å². The van der Waals surface area contributed by atoms with Crippen LogP contribution >= 0.6 is 0 Å². The van der Waals surface area contributed by atoms with Crippen LogP contribution in [0.2, 0.25) is 0 Å². The zero-order valence-electron chi connectivity index (χ0n) is 10.8. The summed E-state index contributed by atoms with van der Waals surface area (Å²) in [5.74, 6) is -4.90. The van der Waals surface area contributed by atoms with E-state index in [1.807, 2.05) is 0 Å². The normalized spacial score (nSPS) is 25.0. The zero-order valence-corrected chi connectivity index (χ0v) is 10.8. The number of hydrogen-bond acceptors (Lipinski definition) is 3. The van der Waals surface area contributed by atoms with E-state index in [9.17, 15) is 22.8 Å². The average molecular weight is 297 g/mol. The van der Waals surface area contributed by atoms with Gasteiger partial charge >= 0.3 is 12.1 Å². The van der Waals surface area contributed by atoms with Crippen molar-refractivity contribution in [2.75, 3.05) is 6.54 Å². The first kappa shape index (κ1) is 16.7. The van der Waals surface area contributed by atoms with Crippen molar-refractivity contribution in [3.8, 4) is 0 Å². The Morgan fingerprint density at radius 3 is 2.40 bits per heavy atom. The van der Waals surface area contributed by atoms with Crippen molar-refractivity contribution < 1.29 is 33.0 Å². The van der Waals surface area contributed by atoms with Gasteiger partial charge in [0, 0.05) is 18.9 Å². The minimum absolute atomic E-state index is 0.0562. The topological polar surface area (TPSA) is 86.6 Å². The molecule has 1 amide bonds. The van der Waals surface area contributed by atoms with E-state index >= 15 is 0 Å². The molecule has 3 N–H and O–H groups in total. The highest BCUT2D eigenvalue weighted by atomic mass is 19.4. The fourth-order valence-electron chi connectivity index (χ4n) is 2.42. The van der Waals surface area contributed by atoms with E-state index in [4.69, 9.17) is 10.2 Å². The summed E-state index contributed by atoms with van der Waals surface area (Å²) in [7, 11) is 0. The molecule has 0 radical (unpaired) electrons. The molecule has 5 nitrogen and oxygen atoms in total. The van der Waals surface area contributed by atoms with Gasteiger partial charge < -0.3 is 15.5 Å². The molecule has 0 saturated heterocycles. The lowest BCUT2D eigenvalue weighted by atomic mass is 9.78. The van der Waals surface area contributed by atoms with Crippen LogP contribution < -0.4 is 5.32 Å². The Labute approximate surface area is 114 Å². The van der Waals surface area contributed by atoms with E-state index < -0.39 is 36.0 Å². The molecule has 1 saturated carbocycles. The standard InChI is InChI=1S/C12H18F3NO4/c13-12(14,15)8-4-2-1-3-7(8)10(18)16-6-5-9(17)11(19)20/h7-9,17H,1-6H2,(H,16,18)(H,19,20). The molecule has 3 unspecified atom stereocenters. The zero-order chi connectivity index (χ0) is 15.3. The number of carboxylic acid groups (broad SMARTS) is 1. The highest BCUT2D eigenvalue weighted by Crippen LogP contribution is 2.41. The number of amides is 1. The number of hydrogen-bond donors (Lipinski definition) is 3. The Hall–Kier alpha value is -1.31. The molecule has 116 valence electrons. The maximum atomic E-state index is 12.8. The van der Waals surface area contributed by atoms with E-state index in [0.29, 0.717) is 12.8 Å². The molecule has 8 heteroatoms. The van der Waals surface area contributed by atoms with Gasteiger partial charge in [0.05, 0.1) is 5.92 Å². The number of carbonyl (C=O) groups is 2. The van der Waals surface area contributed by atoms with Gasteiger partial charge in [0.1, 0.15) is 0 Å². The molecule has 1 aliphatic rings. The average Bonchev–Trinajstić information content (AvgIpc) is 2.37. The van der Waals surface area contributed by atoms with Crippen LogP contribution in [-0.4, -0.2) is 40.9 Å². The van der Waals surface area contributed by atoms with E-state index in [0.717, 1.165) is 0 Å². The van der Waals surface area contributed by atoms with Gasteiger partial charge in [0.25, 0.3) is 0 Å². The SMILES string of the molecule is O=C(O)C(O)CCNC(=O)C1CCCCC1C(F)(F)F. The van der Waals surface area contributed by atoms with Crippen LogP contribution in [-0.2, 0) is 9.59 Å². The molecule has 1 aliphatic carbocycles. The number of carboxylic acids is 1. The summed E-state index contributed by atoms with van der Waals surface area (Å²) in [6.07, 6.45) is -5.11. The molecule has 0 aromatic carbocycles. The number of rotatable bonds is 5. The molecule has 3 atom stereocenters. The number of aliphatic hydroxyl groups is 1. The van der Waals surface area contributed by atoms with E-state index in [1.54, 1.807) is 0 Å². The molecule has 0 aromatic heterocycles. The van der Waals surface area contributed by atoms with Crippen LogP contribution in [0.25, 0.3) is 0 Å². The lowest BCUT2D eigenvalue weighted by Gasteiger charge is -2.32. The van der Waals surface area contributed by atoms with Crippen molar-refractivity contribution in [1.82, 2.24) is 5.32 Å². The Kier molecular flexibility index (Phi) is 5.79. The molecular weight excluding hydrogens is 279 g/mol. The van der Waals surface area contributed by atoms with Crippen LogP contribution in [0.15, 0.2) is 0 Å². The molecular formula is C12H18F3NO4. The van der Waals surface area contributed by atoms with Crippen LogP contribution in [0.4, 0.5) is 13.2 Å². The van der Waals surface area contributed by atoms with Crippen molar-refractivity contribution in [1.29, 1.82) is 0 Å². The van der Waals surface area contributed by atoms with Gasteiger partial charge in [-0.2, -0.15) is 13.2 Å². The van der Waals surface area contributed by atoms with Crippen molar-refractivity contribution in [2.45, 2.75) is 44.4 Å². The van der Waals surface area contributed by atoms with E-state index in [2.05, 4.69) is 5.32 Å². The van der Waals surface area contributed by atoms with Gasteiger partial charge in [-0.1, -0.05) is 12.8 Å². The van der Waals surface area contributed by atoms with Gasteiger partial charge in [-0.05, 0) is 12.8 Å². The third-order valence-electron chi connectivity index (χ3n) is 3.53. The molecule has 0 spiro atoms. The predicted octanol–water partition coefficient (Wildman–Crippen LogP) is 1.31. The smallest absolute Gasteiger partial charge is 0.392 e. The van der Waals surface area contributed by atoms with Gasteiger partial charge in [0.15, 0.2) is 6.10 Å². The number of alkyl halides is 3. The highest BCUT2D eigenvalue weighted by Gasteiger charge is 2.47. The largest absolute Gasteiger partial charge is 0.479 e. The maximum absolute atomic E-state index is 12.8. The molecule has 0 aromatic rings. The van der Waals surface area contributed by atoms with Crippen LogP contribution in [0, 0.1) is 11.8 Å². The third-order valence-corrected chi connectivity index (χ3v) is 3.53. The van der Waals surface area contributed by atoms with Gasteiger partial charge in [0.2, 0.25) is 5.91 Å². The Bertz CT molecular complexity index is 359. The Morgan fingerprint density at radius 2 is 1.85 bits per heavy atom. The molecule has 0 bridgehead atoms. The molecule has 20 heavy (non-hydrogen) atoms. The quantitative estimate of drug-likeness (QED) is 0.714. The monoisotopic (exact) mass is 297 g/mol. The van der Waals surface area contributed by atoms with E-state index in [1.165, 1.54) is 0 Å². The lowest BCUT2D eigenvalue weighted by molar-refractivity contribution is -0.198. The summed E-state index contributed by atoms with van der Waals surface area (Å²) in [5.41, 5.74) is 0. The Balaban J connectivity index is 2.50. The first-order valence-corrected chi connectivity index (χ1v) is 6.48.